The van der Waals surface area contributed by atoms with E-state index in [0.717, 1.165) is 16.7 Å². The minimum atomic E-state index is -1.20. The molecule has 0 aliphatic carbocycles. The number of carbonyl (C=O) groups is 5. The Balaban J connectivity index is 1.30. The molecule has 1 aliphatic heterocycles. The molecule has 4 aromatic carbocycles. The van der Waals surface area contributed by atoms with Crippen LogP contribution in [0.15, 0.2) is 108 Å². The second kappa shape index (κ2) is 17.8. The molecule has 1 atom stereocenters. The molecule has 0 aromatic heterocycles. The zero-order valence-electron chi connectivity index (χ0n) is 30.3. The normalized spacial score (nSPS) is 14.4. The number of hydrogen-bond acceptors (Lipinski definition) is 7. The highest BCUT2D eigenvalue weighted by atomic mass is 16.6. The van der Waals surface area contributed by atoms with Gasteiger partial charge < -0.3 is 30.1 Å². The molecule has 1 heterocycles. The molecule has 0 radical (unpaired) electrons. The molecular weight excluding hydrogens is 690 g/mol. The van der Waals surface area contributed by atoms with Crippen LogP contribution in [0.25, 0.3) is 0 Å². The summed E-state index contributed by atoms with van der Waals surface area (Å²) < 4.78 is 10.7. The lowest BCUT2D eigenvalue weighted by atomic mass is 9.87. The molecule has 1 unspecified atom stereocenters. The largest absolute Gasteiger partial charge is 0.478 e. The molecule has 4 amide bonds. The first-order chi connectivity index (χ1) is 25.9. The maximum Gasteiger partial charge on any atom is 0.437 e. The van der Waals surface area contributed by atoms with Gasteiger partial charge in [-0.25, -0.2) is 14.4 Å². The molecule has 4 N–H and O–H groups in total. The van der Waals surface area contributed by atoms with Crippen molar-refractivity contribution < 1.29 is 38.6 Å². The first-order valence-electron chi connectivity index (χ1n) is 17.5. The number of aliphatic imine (C=N–C) groups is 1. The Bertz CT molecular complexity index is 1990. The van der Waals surface area contributed by atoms with Crippen molar-refractivity contribution in [3.05, 3.63) is 131 Å². The predicted molar refractivity (Wildman–Crippen MR) is 203 cm³/mol. The van der Waals surface area contributed by atoms with E-state index in [9.17, 15) is 29.1 Å². The van der Waals surface area contributed by atoms with Gasteiger partial charge in [-0.05, 0) is 65.3 Å². The standard InChI is InChI=1S/C41H43N5O8/c1-41(2,3)32-19-16-29(17-20-32)35(47)43-34-23-30(37(49)50)18-21-33(34)42-36(48)31-15-10-22-46(24-31)38(44-39(51)53-25-27-11-6-4-7-12-27)45-40(52)54-26-28-13-8-5-9-14-28/h4-9,11-14,16-21,23,31H,10,15,22,24-26H2,1-3H3,(H,42,48)(H,43,47)(H,49,50)(H,44,45,51,52). The zero-order valence-corrected chi connectivity index (χ0v) is 30.3. The number of carboxylic acids is 1. The van der Waals surface area contributed by atoms with E-state index < -0.39 is 35.9 Å². The Hall–Kier alpha value is -6.50. The van der Waals surface area contributed by atoms with Crippen LogP contribution >= 0.6 is 0 Å². The minimum Gasteiger partial charge on any atom is -0.478 e. The molecule has 1 aliphatic rings. The number of alkyl carbamates (subject to hydrolysis) is 1. The number of anilines is 2. The van der Waals surface area contributed by atoms with Crippen molar-refractivity contribution in [2.24, 2.45) is 10.9 Å². The summed E-state index contributed by atoms with van der Waals surface area (Å²) in [4.78, 5) is 70.2. The highest BCUT2D eigenvalue weighted by molar-refractivity contribution is 6.08. The molecule has 4 aromatic rings. The summed E-state index contributed by atoms with van der Waals surface area (Å²) >= 11 is 0. The average Bonchev–Trinajstić information content (AvgIpc) is 3.17. The van der Waals surface area contributed by atoms with Gasteiger partial charge in [-0.3, -0.25) is 14.9 Å². The van der Waals surface area contributed by atoms with Gasteiger partial charge in [-0.1, -0.05) is 93.6 Å². The summed E-state index contributed by atoms with van der Waals surface area (Å²) in [5.41, 5.74) is 3.00. The number of carboxylic acid groups (broad SMARTS) is 1. The number of nitrogens with one attached hydrogen (secondary N) is 3. The molecule has 13 nitrogen and oxygen atoms in total. The molecule has 0 bridgehead atoms. The van der Waals surface area contributed by atoms with Gasteiger partial charge in [0.1, 0.15) is 13.2 Å². The van der Waals surface area contributed by atoms with Crippen LogP contribution in [0.3, 0.4) is 0 Å². The third-order valence-electron chi connectivity index (χ3n) is 8.71. The highest BCUT2D eigenvalue weighted by Crippen LogP contribution is 2.28. The molecule has 0 spiro atoms. The van der Waals surface area contributed by atoms with Crippen LogP contribution in [0.2, 0.25) is 0 Å². The number of piperidine rings is 1. The third kappa shape index (κ3) is 11.0. The summed E-state index contributed by atoms with van der Waals surface area (Å²) in [6.07, 6.45) is -0.840. The van der Waals surface area contributed by atoms with Gasteiger partial charge in [0.25, 0.3) is 5.91 Å². The summed E-state index contributed by atoms with van der Waals surface area (Å²) in [6.45, 7) is 6.54. The van der Waals surface area contributed by atoms with E-state index in [-0.39, 0.29) is 48.1 Å². The molecule has 54 heavy (non-hydrogen) atoms. The van der Waals surface area contributed by atoms with Crippen molar-refractivity contribution in [1.82, 2.24) is 10.2 Å². The number of carbonyl (C=O) groups excluding carboxylic acids is 4. The lowest BCUT2D eigenvalue weighted by molar-refractivity contribution is -0.121. The van der Waals surface area contributed by atoms with Crippen LogP contribution in [0, 0.1) is 5.92 Å². The maximum absolute atomic E-state index is 13.7. The summed E-state index contributed by atoms with van der Waals surface area (Å²) in [5, 5.41) is 17.8. The van der Waals surface area contributed by atoms with E-state index in [1.807, 2.05) is 48.5 Å². The van der Waals surface area contributed by atoms with E-state index >= 15 is 0 Å². The minimum absolute atomic E-state index is 0.0226. The van der Waals surface area contributed by atoms with Crippen LogP contribution in [0.1, 0.15) is 71.0 Å². The maximum atomic E-state index is 13.7. The lowest BCUT2D eigenvalue weighted by Gasteiger charge is -2.33. The SMILES string of the molecule is CC(C)(C)c1ccc(C(=O)Nc2cc(C(=O)O)ccc2NC(=O)C2CCCN(C(=NC(=O)OCc3ccccc3)NC(=O)OCc3ccccc3)C2)cc1. The lowest BCUT2D eigenvalue weighted by Crippen LogP contribution is -2.50. The van der Waals surface area contributed by atoms with Gasteiger partial charge >= 0.3 is 18.2 Å². The molecule has 280 valence electrons. The van der Waals surface area contributed by atoms with Crippen LogP contribution in [-0.4, -0.2) is 59.0 Å². The summed E-state index contributed by atoms with van der Waals surface area (Å²) in [5.74, 6) is -2.91. The second-order valence-electron chi connectivity index (χ2n) is 13.8. The van der Waals surface area contributed by atoms with Crippen molar-refractivity contribution >= 4 is 47.3 Å². The number of likely N-dealkylation sites (tertiary alicyclic amines) is 1. The monoisotopic (exact) mass is 733 g/mol. The number of guanidine groups is 1. The topological polar surface area (TPSA) is 176 Å². The van der Waals surface area contributed by atoms with Crippen LogP contribution < -0.4 is 16.0 Å². The van der Waals surface area contributed by atoms with Crippen molar-refractivity contribution in [2.75, 3.05) is 23.7 Å². The van der Waals surface area contributed by atoms with Gasteiger partial charge in [0, 0.05) is 18.7 Å². The van der Waals surface area contributed by atoms with Gasteiger partial charge in [-0.15, -0.1) is 4.99 Å². The summed E-state index contributed by atoms with van der Waals surface area (Å²) in [7, 11) is 0. The molecule has 1 saturated heterocycles. The Morgan fingerprint density at radius 2 is 1.39 bits per heavy atom. The quantitative estimate of drug-likeness (QED) is 0.102. The van der Waals surface area contributed by atoms with Crippen molar-refractivity contribution in [2.45, 2.75) is 52.2 Å². The number of hydrogen-bond donors (Lipinski definition) is 4. The fourth-order valence-corrected chi connectivity index (χ4v) is 5.69. The molecule has 5 rings (SSSR count). The number of amides is 4. The first-order valence-corrected chi connectivity index (χ1v) is 17.5. The van der Waals surface area contributed by atoms with E-state index in [2.05, 4.69) is 41.7 Å². The zero-order chi connectivity index (χ0) is 38.7. The van der Waals surface area contributed by atoms with Gasteiger partial charge in [0.15, 0.2) is 0 Å². The van der Waals surface area contributed by atoms with Gasteiger partial charge in [-0.2, -0.15) is 0 Å². The van der Waals surface area contributed by atoms with Crippen LogP contribution in [0.4, 0.5) is 21.0 Å². The Morgan fingerprint density at radius 3 is 2.00 bits per heavy atom. The van der Waals surface area contributed by atoms with E-state index in [1.54, 1.807) is 41.3 Å². The number of rotatable bonds is 9. The molecule has 1 fully saturated rings. The van der Waals surface area contributed by atoms with Crippen LogP contribution in [0.5, 0.6) is 0 Å². The Morgan fingerprint density at radius 1 is 0.778 bits per heavy atom. The molecular formula is C41H43N5O8. The number of nitrogens with zero attached hydrogens (tertiary/aromatic N) is 2. The Labute approximate surface area is 313 Å². The second-order valence-corrected chi connectivity index (χ2v) is 13.8. The summed E-state index contributed by atoms with van der Waals surface area (Å²) in [6, 6.07) is 29.2. The average molecular weight is 734 g/mol. The number of benzene rings is 4. The van der Waals surface area contributed by atoms with Gasteiger partial charge in [0.05, 0.1) is 22.9 Å². The van der Waals surface area contributed by atoms with E-state index in [0.29, 0.717) is 24.9 Å². The van der Waals surface area contributed by atoms with Gasteiger partial charge in [0.2, 0.25) is 11.9 Å². The molecule has 13 heteroatoms. The van der Waals surface area contributed by atoms with E-state index in [1.165, 1.54) is 18.2 Å². The number of ether oxygens (including phenoxy) is 2. The predicted octanol–water partition coefficient (Wildman–Crippen LogP) is 7.20. The Kier molecular flexibility index (Phi) is 12.8. The fraction of sp³-hybridized carbons (Fsp3) is 0.268. The van der Waals surface area contributed by atoms with Crippen LogP contribution in [-0.2, 0) is 32.9 Å². The molecule has 0 saturated carbocycles. The van der Waals surface area contributed by atoms with Crippen molar-refractivity contribution in [3.63, 3.8) is 0 Å². The third-order valence-corrected chi connectivity index (χ3v) is 8.71. The number of aromatic carboxylic acids is 1. The van der Waals surface area contributed by atoms with E-state index in [4.69, 9.17) is 9.47 Å². The highest BCUT2D eigenvalue weighted by Gasteiger charge is 2.30. The smallest absolute Gasteiger partial charge is 0.437 e. The van der Waals surface area contributed by atoms with Crippen molar-refractivity contribution in [3.8, 4) is 0 Å². The van der Waals surface area contributed by atoms with Crippen molar-refractivity contribution in [1.29, 1.82) is 0 Å². The fourth-order valence-electron chi connectivity index (χ4n) is 5.69. The first kappa shape index (κ1) is 38.7.